The van der Waals surface area contributed by atoms with Crippen LogP contribution in [0.5, 0.6) is 11.5 Å². The Hall–Kier alpha value is -3.27. The van der Waals surface area contributed by atoms with Gasteiger partial charge in [0.2, 0.25) is 0 Å². The van der Waals surface area contributed by atoms with Crippen LogP contribution in [0.4, 0.5) is 10.5 Å². The minimum atomic E-state index is -0.528. The molecule has 0 bridgehead atoms. The van der Waals surface area contributed by atoms with E-state index in [1.165, 1.54) is 0 Å². The van der Waals surface area contributed by atoms with E-state index in [1.54, 1.807) is 24.3 Å². The maximum atomic E-state index is 12.0. The van der Waals surface area contributed by atoms with E-state index >= 15 is 0 Å². The van der Waals surface area contributed by atoms with Crippen LogP contribution in [0.15, 0.2) is 78.9 Å². The van der Waals surface area contributed by atoms with Crippen molar-refractivity contribution in [2.45, 2.75) is 25.7 Å². The van der Waals surface area contributed by atoms with Crippen molar-refractivity contribution in [3.05, 3.63) is 90.0 Å². The van der Waals surface area contributed by atoms with E-state index in [4.69, 9.17) is 4.74 Å². The third-order valence-corrected chi connectivity index (χ3v) is 4.91. The van der Waals surface area contributed by atoms with Crippen LogP contribution in [-0.4, -0.2) is 11.2 Å². The van der Waals surface area contributed by atoms with E-state index in [9.17, 15) is 9.90 Å². The fraction of sp³-hybridized carbons (Fsp3) is 0.174. The molecule has 0 aromatic heterocycles. The van der Waals surface area contributed by atoms with Gasteiger partial charge >= 0.3 is 6.09 Å². The quantitative estimate of drug-likeness (QED) is 0.611. The van der Waals surface area contributed by atoms with Crippen LogP contribution >= 0.6 is 0 Å². The smallest absolute Gasteiger partial charge is 0.417 e. The summed E-state index contributed by atoms with van der Waals surface area (Å²) in [4.78, 5) is 12.0. The van der Waals surface area contributed by atoms with Gasteiger partial charge in [-0.25, -0.2) is 4.79 Å². The van der Waals surface area contributed by atoms with E-state index < -0.39 is 6.09 Å². The molecule has 1 amide bonds. The van der Waals surface area contributed by atoms with Crippen molar-refractivity contribution in [1.82, 2.24) is 0 Å². The summed E-state index contributed by atoms with van der Waals surface area (Å²) < 4.78 is 5.24. The number of rotatable bonds is 5. The van der Waals surface area contributed by atoms with Gasteiger partial charge in [0, 0.05) is 11.1 Å². The first kappa shape index (κ1) is 18.5. The van der Waals surface area contributed by atoms with Gasteiger partial charge < -0.3 is 9.84 Å². The summed E-state index contributed by atoms with van der Waals surface area (Å²) in [6.07, 6.45) is 0.347. The molecule has 1 unspecified atom stereocenters. The number of para-hydroxylation sites is 1. The number of hydrogen-bond donors (Lipinski definition) is 2. The van der Waals surface area contributed by atoms with Crippen molar-refractivity contribution >= 4 is 11.8 Å². The molecule has 0 aliphatic carbocycles. The number of ether oxygens (including phenoxy) is 1. The maximum Gasteiger partial charge on any atom is 0.417 e. The Labute approximate surface area is 159 Å². The topological polar surface area (TPSA) is 58.6 Å². The van der Waals surface area contributed by atoms with Crippen molar-refractivity contribution in [2.75, 3.05) is 5.32 Å². The molecule has 1 atom stereocenters. The zero-order chi connectivity index (χ0) is 19.3. The lowest BCUT2D eigenvalue weighted by Gasteiger charge is -2.30. The Balaban J connectivity index is 1.75. The van der Waals surface area contributed by atoms with Crippen LogP contribution < -0.4 is 10.1 Å². The molecule has 0 fully saturated rings. The highest BCUT2D eigenvalue weighted by atomic mass is 16.6. The Morgan fingerprint density at radius 3 is 2.30 bits per heavy atom. The molecule has 0 saturated heterocycles. The molecule has 0 spiro atoms. The summed E-state index contributed by atoms with van der Waals surface area (Å²) in [6.45, 7) is 4.27. The number of hydrogen-bond acceptors (Lipinski definition) is 3. The van der Waals surface area contributed by atoms with Crippen LogP contribution in [-0.2, 0) is 5.41 Å². The lowest BCUT2D eigenvalue weighted by atomic mass is 9.74. The average molecular weight is 361 g/mol. The summed E-state index contributed by atoms with van der Waals surface area (Å²) in [6, 6.07) is 24.0. The third-order valence-electron chi connectivity index (χ3n) is 4.91. The fourth-order valence-electron chi connectivity index (χ4n) is 3.08. The number of phenols is 1. The number of aromatic hydroxyl groups is 1. The highest BCUT2D eigenvalue weighted by Gasteiger charge is 2.27. The first-order valence-corrected chi connectivity index (χ1v) is 8.95. The highest BCUT2D eigenvalue weighted by molar-refractivity contribution is 5.86. The SMILES string of the molecule is CCC(C)(c1ccc(NC(=O)Oc2ccccc2)cc1)c1cccc(O)c1. The van der Waals surface area contributed by atoms with Gasteiger partial charge in [0.05, 0.1) is 0 Å². The van der Waals surface area contributed by atoms with E-state index in [-0.39, 0.29) is 11.2 Å². The molecule has 138 valence electrons. The van der Waals surface area contributed by atoms with Crippen LogP contribution in [0, 0.1) is 0 Å². The molecule has 0 saturated carbocycles. The normalized spacial score (nSPS) is 12.8. The second-order valence-corrected chi connectivity index (χ2v) is 6.64. The number of benzene rings is 3. The van der Waals surface area contributed by atoms with Crippen LogP contribution in [0.3, 0.4) is 0 Å². The number of carbonyl (C=O) groups is 1. The molecule has 0 aliphatic heterocycles. The van der Waals surface area contributed by atoms with Gasteiger partial charge in [-0.05, 0) is 53.9 Å². The molecule has 3 aromatic carbocycles. The second-order valence-electron chi connectivity index (χ2n) is 6.64. The maximum absolute atomic E-state index is 12.0. The van der Waals surface area contributed by atoms with Crippen molar-refractivity contribution in [3.63, 3.8) is 0 Å². The number of phenolic OH excluding ortho intramolecular Hbond substituents is 1. The fourth-order valence-corrected chi connectivity index (χ4v) is 3.08. The minimum absolute atomic E-state index is 0.234. The zero-order valence-corrected chi connectivity index (χ0v) is 15.5. The lowest BCUT2D eigenvalue weighted by Crippen LogP contribution is -2.22. The first-order chi connectivity index (χ1) is 13.0. The summed E-state index contributed by atoms with van der Waals surface area (Å²) >= 11 is 0. The lowest BCUT2D eigenvalue weighted by molar-refractivity contribution is 0.215. The zero-order valence-electron chi connectivity index (χ0n) is 15.5. The van der Waals surface area contributed by atoms with E-state index in [0.29, 0.717) is 11.4 Å². The molecule has 4 nitrogen and oxygen atoms in total. The van der Waals surface area contributed by atoms with Crippen LogP contribution in [0.25, 0.3) is 0 Å². The second kappa shape index (κ2) is 7.96. The average Bonchev–Trinajstić information content (AvgIpc) is 2.68. The molecule has 0 heterocycles. The Morgan fingerprint density at radius 2 is 1.67 bits per heavy atom. The Morgan fingerprint density at radius 1 is 0.963 bits per heavy atom. The molecule has 0 aliphatic rings. The minimum Gasteiger partial charge on any atom is -0.508 e. The largest absolute Gasteiger partial charge is 0.508 e. The van der Waals surface area contributed by atoms with E-state index in [0.717, 1.165) is 17.5 Å². The van der Waals surface area contributed by atoms with Crippen molar-refractivity contribution in [3.8, 4) is 11.5 Å². The number of amides is 1. The van der Waals surface area contributed by atoms with Crippen molar-refractivity contribution < 1.29 is 14.6 Å². The van der Waals surface area contributed by atoms with Gasteiger partial charge in [-0.3, -0.25) is 5.32 Å². The van der Waals surface area contributed by atoms with E-state index in [2.05, 4.69) is 19.2 Å². The summed E-state index contributed by atoms with van der Waals surface area (Å²) in [7, 11) is 0. The molecule has 27 heavy (non-hydrogen) atoms. The third kappa shape index (κ3) is 4.29. The summed E-state index contributed by atoms with van der Waals surface area (Å²) in [5, 5.41) is 12.6. The Bertz CT molecular complexity index is 906. The molecule has 3 rings (SSSR count). The standard InChI is InChI=1S/C23H23NO3/c1-3-23(2,18-8-7-9-20(25)16-18)17-12-14-19(15-13-17)24-22(26)27-21-10-5-4-6-11-21/h4-16,25H,3H2,1-2H3,(H,24,26). The highest BCUT2D eigenvalue weighted by Crippen LogP contribution is 2.36. The molecule has 0 radical (unpaired) electrons. The predicted octanol–water partition coefficient (Wildman–Crippen LogP) is 5.72. The molecular weight excluding hydrogens is 338 g/mol. The van der Waals surface area contributed by atoms with Crippen molar-refractivity contribution in [2.24, 2.45) is 0 Å². The van der Waals surface area contributed by atoms with Crippen LogP contribution in [0.2, 0.25) is 0 Å². The predicted molar refractivity (Wildman–Crippen MR) is 107 cm³/mol. The van der Waals surface area contributed by atoms with Gasteiger partial charge in [-0.15, -0.1) is 0 Å². The molecular formula is C23H23NO3. The molecule has 2 N–H and O–H groups in total. The van der Waals surface area contributed by atoms with Gasteiger partial charge in [-0.1, -0.05) is 56.3 Å². The van der Waals surface area contributed by atoms with Gasteiger partial charge in [0.1, 0.15) is 11.5 Å². The van der Waals surface area contributed by atoms with Gasteiger partial charge in [-0.2, -0.15) is 0 Å². The van der Waals surface area contributed by atoms with Crippen molar-refractivity contribution in [1.29, 1.82) is 0 Å². The molecule has 3 aromatic rings. The van der Waals surface area contributed by atoms with E-state index in [1.807, 2.05) is 54.6 Å². The summed E-state index contributed by atoms with van der Waals surface area (Å²) in [5.41, 5.74) is 2.59. The van der Waals surface area contributed by atoms with Gasteiger partial charge in [0.15, 0.2) is 0 Å². The summed E-state index contributed by atoms with van der Waals surface area (Å²) in [5.74, 6) is 0.753. The monoisotopic (exact) mass is 361 g/mol. The van der Waals surface area contributed by atoms with Gasteiger partial charge in [0.25, 0.3) is 0 Å². The number of nitrogens with one attached hydrogen (secondary N) is 1. The van der Waals surface area contributed by atoms with Crippen LogP contribution in [0.1, 0.15) is 31.4 Å². The Kier molecular flexibility index (Phi) is 5.46. The number of carbonyl (C=O) groups excluding carboxylic acids is 1. The molecule has 4 heteroatoms. The number of anilines is 1. The first-order valence-electron chi connectivity index (χ1n) is 8.95.